The van der Waals surface area contributed by atoms with E-state index in [4.69, 9.17) is 11.8 Å². The summed E-state index contributed by atoms with van der Waals surface area (Å²) in [6.45, 7) is 10.8. The molecule has 0 fully saturated rings. The second kappa shape index (κ2) is 3.97. The number of benzene rings is 1. The highest BCUT2D eigenvalue weighted by Gasteiger charge is 2.16. The Balaban J connectivity index is 2.68. The van der Waals surface area contributed by atoms with E-state index in [2.05, 4.69) is 15.9 Å². The Kier molecular flexibility index (Phi) is 2.39. The standard InChI is InChI=1S/C15H10N4O/c1-8-9(2)15(20)19-12-6-10(7-16)4-5-11(12)18-14(19)13(8)17-3/h4-6,18H,1-2H3. The molecule has 3 rings (SSSR count). The number of nitrogens with one attached hydrogen (secondary N) is 1. The van der Waals surface area contributed by atoms with Gasteiger partial charge in [-0.15, -0.1) is 0 Å². The molecular formula is C15H10N4O. The van der Waals surface area contributed by atoms with E-state index >= 15 is 0 Å². The van der Waals surface area contributed by atoms with Crippen molar-refractivity contribution in [3.8, 4) is 6.07 Å². The smallest absolute Gasteiger partial charge is 0.257 e. The molecule has 0 amide bonds. The molecule has 2 aromatic heterocycles. The Labute approximate surface area is 114 Å². The van der Waals surface area contributed by atoms with Gasteiger partial charge in [0.2, 0.25) is 5.69 Å². The van der Waals surface area contributed by atoms with Crippen molar-refractivity contribution in [2.24, 2.45) is 0 Å². The highest BCUT2D eigenvalue weighted by atomic mass is 16.1. The Morgan fingerprint density at radius 3 is 2.75 bits per heavy atom. The minimum Gasteiger partial charge on any atom is -0.349 e. The first-order valence-corrected chi connectivity index (χ1v) is 6.03. The zero-order valence-electron chi connectivity index (χ0n) is 11.0. The van der Waals surface area contributed by atoms with Crippen molar-refractivity contribution in [2.75, 3.05) is 0 Å². The van der Waals surface area contributed by atoms with Crippen LogP contribution in [0, 0.1) is 31.8 Å². The molecule has 0 saturated heterocycles. The van der Waals surface area contributed by atoms with Gasteiger partial charge < -0.3 is 4.98 Å². The fourth-order valence-electron chi connectivity index (χ4n) is 2.39. The van der Waals surface area contributed by atoms with Gasteiger partial charge in [0.25, 0.3) is 5.56 Å². The van der Waals surface area contributed by atoms with Gasteiger partial charge >= 0.3 is 0 Å². The van der Waals surface area contributed by atoms with Crippen LogP contribution in [0.2, 0.25) is 0 Å². The van der Waals surface area contributed by atoms with Gasteiger partial charge in [0, 0.05) is 5.56 Å². The quantitative estimate of drug-likeness (QED) is 0.633. The number of pyridine rings is 1. The maximum atomic E-state index is 12.4. The van der Waals surface area contributed by atoms with Crippen LogP contribution in [-0.4, -0.2) is 9.38 Å². The van der Waals surface area contributed by atoms with Gasteiger partial charge in [0.05, 0.1) is 29.2 Å². The molecule has 0 radical (unpaired) electrons. The van der Waals surface area contributed by atoms with Crippen LogP contribution in [0.5, 0.6) is 0 Å². The first kappa shape index (κ1) is 12.0. The number of imidazole rings is 1. The molecule has 5 heteroatoms. The average Bonchev–Trinajstić information content (AvgIpc) is 2.83. The van der Waals surface area contributed by atoms with Crippen LogP contribution in [0.4, 0.5) is 5.69 Å². The summed E-state index contributed by atoms with van der Waals surface area (Å²) in [6, 6.07) is 7.14. The molecule has 0 aliphatic heterocycles. The van der Waals surface area contributed by atoms with E-state index in [-0.39, 0.29) is 5.56 Å². The number of aromatic nitrogens is 2. The fraction of sp³-hybridized carbons (Fsp3) is 0.133. The number of nitriles is 1. The van der Waals surface area contributed by atoms with Crippen LogP contribution in [0.15, 0.2) is 23.0 Å². The van der Waals surface area contributed by atoms with Crippen molar-refractivity contribution in [2.45, 2.75) is 13.8 Å². The van der Waals surface area contributed by atoms with Crippen LogP contribution in [0.25, 0.3) is 21.5 Å². The summed E-state index contributed by atoms with van der Waals surface area (Å²) < 4.78 is 1.48. The number of hydrogen-bond acceptors (Lipinski definition) is 2. The van der Waals surface area contributed by atoms with E-state index in [1.807, 2.05) is 0 Å². The fourth-order valence-corrected chi connectivity index (χ4v) is 2.39. The Morgan fingerprint density at radius 2 is 2.10 bits per heavy atom. The second-order valence-electron chi connectivity index (χ2n) is 4.67. The topological polar surface area (TPSA) is 65.4 Å². The number of nitrogens with zero attached hydrogens (tertiary/aromatic N) is 3. The summed E-state index contributed by atoms with van der Waals surface area (Å²) in [7, 11) is 0. The van der Waals surface area contributed by atoms with E-state index in [0.717, 1.165) is 5.52 Å². The van der Waals surface area contributed by atoms with Gasteiger partial charge in [-0.25, -0.2) is 4.85 Å². The van der Waals surface area contributed by atoms with Gasteiger partial charge in [0.15, 0.2) is 0 Å². The molecule has 1 N–H and O–H groups in total. The molecule has 0 saturated carbocycles. The SMILES string of the molecule is [C-]#[N+]c1c(C)c(C)c(=O)n2c1[nH]c1ccc(C#N)cc12. The predicted molar refractivity (Wildman–Crippen MR) is 76.0 cm³/mol. The molecule has 0 aliphatic carbocycles. The molecule has 5 nitrogen and oxygen atoms in total. The third kappa shape index (κ3) is 1.38. The number of H-pyrrole nitrogens is 1. The molecule has 0 atom stereocenters. The van der Waals surface area contributed by atoms with E-state index in [1.165, 1.54) is 4.40 Å². The Morgan fingerprint density at radius 1 is 1.35 bits per heavy atom. The van der Waals surface area contributed by atoms with E-state index in [0.29, 0.717) is 33.5 Å². The molecule has 96 valence electrons. The summed E-state index contributed by atoms with van der Waals surface area (Å²) >= 11 is 0. The van der Waals surface area contributed by atoms with Crippen molar-refractivity contribution in [1.29, 1.82) is 5.26 Å². The largest absolute Gasteiger partial charge is 0.349 e. The first-order valence-electron chi connectivity index (χ1n) is 6.03. The lowest BCUT2D eigenvalue weighted by molar-refractivity contribution is 1.10. The molecule has 2 heterocycles. The lowest BCUT2D eigenvalue weighted by Gasteiger charge is -2.04. The van der Waals surface area contributed by atoms with Gasteiger partial charge in [-0.3, -0.25) is 9.20 Å². The van der Waals surface area contributed by atoms with E-state index in [1.54, 1.807) is 32.0 Å². The van der Waals surface area contributed by atoms with E-state index < -0.39 is 0 Å². The van der Waals surface area contributed by atoms with Crippen molar-refractivity contribution < 1.29 is 0 Å². The maximum absolute atomic E-state index is 12.4. The monoisotopic (exact) mass is 262 g/mol. The molecule has 0 unspecified atom stereocenters. The first-order chi connectivity index (χ1) is 9.58. The predicted octanol–water partition coefficient (Wildman–Crippen LogP) is 2.82. The zero-order valence-corrected chi connectivity index (χ0v) is 11.0. The van der Waals surface area contributed by atoms with Crippen LogP contribution in [0.1, 0.15) is 16.7 Å². The van der Waals surface area contributed by atoms with Crippen LogP contribution in [0.3, 0.4) is 0 Å². The maximum Gasteiger partial charge on any atom is 0.257 e. The second-order valence-corrected chi connectivity index (χ2v) is 4.67. The lowest BCUT2D eigenvalue weighted by Crippen LogP contribution is -2.16. The Hall–Kier alpha value is -3.05. The number of fused-ring (bicyclic) bond motifs is 3. The van der Waals surface area contributed by atoms with Gasteiger partial charge in [0.1, 0.15) is 5.65 Å². The van der Waals surface area contributed by atoms with Crippen LogP contribution in [-0.2, 0) is 0 Å². The third-order valence-electron chi connectivity index (χ3n) is 3.62. The van der Waals surface area contributed by atoms with Crippen molar-refractivity contribution >= 4 is 22.4 Å². The van der Waals surface area contributed by atoms with Gasteiger partial charge in [-0.05, 0) is 37.6 Å². The molecule has 20 heavy (non-hydrogen) atoms. The summed E-state index contributed by atoms with van der Waals surface area (Å²) in [5.41, 5.74) is 3.84. The minimum absolute atomic E-state index is 0.161. The summed E-state index contributed by atoms with van der Waals surface area (Å²) in [6.07, 6.45) is 0. The van der Waals surface area contributed by atoms with Crippen molar-refractivity contribution in [3.05, 3.63) is 56.7 Å². The minimum atomic E-state index is -0.161. The molecule has 3 aromatic rings. The normalized spacial score (nSPS) is 10.6. The van der Waals surface area contributed by atoms with E-state index in [9.17, 15) is 4.79 Å². The highest BCUT2D eigenvalue weighted by Crippen LogP contribution is 2.28. The number of rotatable bonds is 0. The third-order valence-corrected chi connectivity index (χ3v) is 3.62. The number of aromatic amines is 1. The molecule has 0 spiro atoms. The van der Waals surface area contributed by atoms with Gasteiger partial charge in [-0.2, -0.15) is 5.26 Å². The van der Waals surface area contributed by atoms with Crippen LogP contribution < -0.4 is 5.56 Å². The molecular weight excluding hydrogens is 252 g/mol. The summed E-state index contributed by atoms with van der Waals surface area (Å²) in [5, 5.41) is 8.98. The van der Waals surface area contributed by atoms with Crippen molar-refractivity contribution in [3.63, 3.8) is 0 Å². The molecule has 0 aliphatic rings. The van der Waals surface area contributed by atoms with Crippen molar-refractivity contribution in [1.82, 2.24) is 9.38 Å². The average molecular weight is 262 g/mol. The summed E-state index contributed by atoms with van der Waals surface area (Å²) in [5.74, 6) is 0. The number of hydrogen-bond donors (Lipinski definition) is 1. The highest BCUT2D eigenvalue weighted by molar-refractivity contribution is 5.87. The summed E-state index contributed by atoms with van der Waals surface area (Å²) in [4.78, 5) is 19.1. The lowest BCUT2D eigenvalue weighted by atomic mass is 10.1. The molecule has 0 bridgehead atoms. The van der Waals surface area contributed by atoms with Crippen LogP contribution >= 0.6 is 0 Å². The Bertz CT molecular complexity index is 1010. The zero-order chi connectivity index (χ0) is 14.4. The molecule has 1 aromatic carbocycles. The van der Waals surface area contributed by atoms with Gasteiger partial charge in [-0.1, -0.05) is 0 Å².